The molecule has 1 unspecified atom stereocenters. The van der Waals surface area contributed by atoms with Crippen LogP contribution in [0, 0.1) is 0 Å². The molecule has 0 saturated heterocycles. The molecule has 20 heavy (non-hydrogen) atoms. The summed E-state index contributed by atoms with van der Waals surface area (Å²) in [4.78, 5) is 12.4. The van der Waals surface area contributed by atoms with Gasteiger partial charge in [-0.1, -0.05) is 41.1 Å². The summed E-state index contributed by atoms with van der Waals surface area (Å²) >= 11 is 3.50. The van der Waals surface area contributed by atoms with Gasteiger partial charge in [0.1, 0.15) is 0 Å². The summed E-state index contributed by atoms with van der Waals surface area (Å²) in [6.07, 6.45) is 3.32. The molecular weight excluding hydrogens is 318 g/mol. The highest BCUT2D eigenvalue weighted by Gasteiger charge is 2.26. The van der Waals surface area contributed by atoms with Crippen molar-refractivity contribution >= 4 is 21.8 Å². The maximum absolute atomic E-state index is 12.2. The van der Waals surface area contributed by atoms with Crippen LogP contribution in [0.15, 0.2) is 42.7 Å². The summed E-state index contributed by atoms with van der Waals surface area (Å²) in [5.74, 6) is -0.122. The number of benzene rings is 1. The van der Waals surface area contributed by atoms with E-state index in [1.165, 1.54) is 0 Å². The number of nitrogens with one attached hydrogen (secondary N) is 1. The molecule has 0 aliphatic heterocycles. The fourth-order valence-electron chi connectivity index (χ4n) is 1.63. The first kappa shape index (κ1) is 14.8. The van der Waals surface area contributed by atoms with Crippen molar-refractivity contribution in [2.24, 2.45) is 0 Å². The molecule has 0 radical (unpaired) electrons. The zero-order chi connectivity index (χ0) is 14.8. The van der Waals surface area contributed by atoms with E-state index in [0.29, 0.717) is 5.56 Å². The lowest BCUT2D eigenvalue weighted by Crippen LogP contribution is -2.48. The Morgan fingerprint density at radius 3 is 2.60 bits per heavy atom. The van der Waals surface area contributed by atoms with Crippen LogP contribution in [-0.2, 0) is 0 Å². The van der Waals surface area contributed by atoms with Crippen molar-refractivity contribution in [3.8, 4) is 5.69 Å². The van der Waals surface area contributed by atoms with Crippen LogP contribution in [0.2, 0.25) is 0 Å². The Labute approximate surface area is 127 Å². The van der Waals surface area contributed by atoms with Crippen molar-refractivity contribution in [2.75, 3.05) is 0 Å². The van der Waals surface area contributed by atoms with Crippen LogP contribution in [0.3, 0.4) is 0 Å². The summed E-state index contributed by atoms with van der Waals surface area (Å²) in [7, 11) is 0. The predicted octanol–water partition coefficient (Wildman–Crippen LogP) is 3.16. The van der Waals surface area contributed by atoms with E-state index in [2.05, 4.69) is 26.3 Å². The fraction of sp³-hybridized carbons (Fsp3) is 0.333. The van der Waals surface area contributed by atoms with E-state index in [1.54, 1.807) is 17.1 Å². The SMILES string of the molecule is CC(Br)C(C)(C)NC(=O)c1cnn(-c2ccccc2)c1. The molecule has 2 rings (SSSR count). The van der Waals surface area contributed by atoms with Gasteiger partial charge in [0.25, 0.3) is 5.91 Å². The van der Waals surface area contributed by atoms with Crippen LogP contribution >= 0.6 is 15.9 Å². The molecule has 0 spiro atoms. The maximum Gasteiger partial charge on any atom is 0.254 e. The van der Waals surface area contributed by atoms with Crippen LogP contribution in [0.25, 0.3) is 5.69 Å². The minimum absolute atomic E-state index is 0.122. The minimum atomic E-state index is -0.327. The number of para-hydroxylation sites is 1. The number of carbonyl (C=O) groups excluding carboxylic acids is 1. The molecular formula is C15H18BrN3O. The molecule has 0 aliphatic rings. The lowest BCUT2D eigenvalue weighted by atomic mass is 10.0. The number of alkyl halides is 1. The molecule has 0 aliphatic carbocycles. The molecule has 0 bridgehead atoms. The summed E-state index contributed by atoms with van der Waals surface area (Å²) in [5, 5.41) is 7.22. The van der Waals surface area contributed by atoms with Gasteiger partial charge in [0.15, 0.2) is 0 Å². The third-order valence-corrected chi connectivity index (χ3v) is 4.44. The minimum Gasteiger partial charge on any atom is -0.346 e. The van der Waals surface area contributed by atoms with Crippen molar-refractivity contribution in [3.63, 3.8) is 0 Å². The first-order chi connectivity index (χ1) is 9.40. The van der Waals surface area contributed by atoms with Crippen molar-refractivity contribution < 1.29 is 4.79 Å². The first-order valence-corrected chi connectivity index (χ1v) is 7.38. The van der Waals surface area contributed by atoms with E-state index in [0.717, 1.165) is 5.69 Å². The second kappa shape index (κ2) is 5.79. The monoisotopic (exact) mass is 335 g/mol. The molecule has 2 aromatic rings. The third-order valence-electron chi connectivity index (χ3n) is 3.30. The average Bonchev–Trinajstić information content (AvgIpc) is 2.88. The van der Waals surface area contributed by atoms with Gasteiger partial charge in [0.05, 0.1) is 17.4 Å². The van der Waals surface area contributed by atoms with Crippen molar-refractivity contribution in [3.05, 3.63) is 48.3 Å². The Bertz CT molecular complexity index is 590. The molecule has 1 aromatic heterocycles. The fourth-order valence-corrected chi connectivity index (χ4v) is 1.74. The zero-order valence-corrected chi connectivity index (χ0v) is 13.4. The largest absolute Gasteiger partial charge is 0.346 e. The number of amides is 1. The molecule has 106 valence electrons. The van der Waals surface area contributed by atoms with Crippen LogP contribution in [-0.4, -0.2) is 26.1 Å². The second-order valence-electron chi connectivity index (χ2n) is 5.30. The number of hydrogen-bond acceptors (Lipinski definition) is 2. The van der Waals surface area contributed by atoms with Gasteiger partial charge >= 0.3 is 0 Å². The first-order valence-electron chi connectivity index (χ1n) is 6.47. The van der Waals surface area contributed by atoms with Crippen LogP contribution in [0.5, 0.6) is 0 Å². The van der Waals surface area contributed by atoms with E-state index < -0.39 is 0 Å². The van der Waals surface area contributed by atoms with Gasteiger partial charge in [-0.05, 0) is 26.0 Å². The molecule has 1 aromatic carbocycles. The highest BCUT2D eigenvalue weighted by Crippen LogP contribution is 2.17. The molecule has 1 amide bonds. The van der Waals surface area contributed by atoms with E-state index in [-0.39, 0.29) is 16.3 Å². The summed E-state index contributed by atoms with van der Waals surface area (Å²) in [6.45, 7) is 5.96. The second-order valence-corrected chi connectivity index (χ2v) is 6.67. The van der Waals surface area contributed by atoms with E-state index in [1.807, 2.05) is 51.1 Å². The highest BCUT2D eigenvalue weighted by atomic mass is 79.9. The number of carbonyl (C=O) groups is 1. The standard InChI is InChI=1S/C15H18BrN3O/c1-11(16)15(2,3)18-14(20)12-9-17-19(10-12)13-7-5-4-6-8-13/h4-11H,1-3H3,(H,18,20). The van der Waals surface area contributed by atoms with Crippen molar-refractivity contribution in [2.45, 2.75) is 31.1 Å². The van der Waals surface area contributed by atoms with E-state index in [4.69, 9.17) is 0 Å². The Balaban J connectivity index is 2.15. The summed E-state index contributed by atoms with van der Waals surface area (Å²) < 4.78 is 1.69. The zero-order valence-electron chi connectivity index (χ0n) is 11.8. The van der Waals surface area contributed by atoms with Crippen molar-refractivity contribution in [1.29, 1.82) is 0 Å². The number of rotatable bonds is 4. The summed E-state index contributed by atoms with van der Waals surface area (Å²) in [5.41, 5.74) is 1.15. The van der Waals surface area contributed by atoms with Gasteiger partial charge in [0, 0.05) is 16.6 Å². The Morgan fingerprint density at radius 2 is 2.00 bits per heavy atom. The third kappa shape index (κ3) is 3.28. The smallest absolute Gasteiger partial charge is 0.254 e. The number of aromatic nitrogens is 2. The van der Waals surface area contributed by atoms with Gasteiger partial charge in [-0.2, -0.15) is 5.10 Å². The normalized spacial score (nSPS) is 13.0. The number of hydrogen-bond donors (Lipinski definition) is 1. The molecule has 0 saturated carbocycles. The lowest BCUT2D eigenvalue weighted by molar-refractivity contribution is 0.0914. The predicted molar refractivity (Wildman–Crippen MR) is 83.5 cm³/mol. The average molecular weight is 336 g/mol. The quantitative estimate of drug-likeness (QED) is 0.872. The number of nitrogens with zero attached hydrogens (tertiary/aromatic N) is 2. The van der Waals surface area contributed by atoms with Crippen molar-refractivity contribution in [1.82, 2.24) is 15.1 Å². The summed E-state index contributed by atoms with van der Waals surface area (Å²) in [6, 6.07) is 9.71. The van der Waals surface area contributed by atoms with Crippen LogP contribution in [0.1, 0.15) is 31.1 Å². The van der Waals surface area contributed by atoms with Crippen LogP contribution in [0.4, 0.5) is 0 Å². The lowest BCUT2D eigenvalue weighted by Gasteiger charge is -2.28. The topological polar surface area (TPSA) is 46.9 Å². The van der Waals surface area contributed by atoms with Gasteiger partial charge < -0.3 is 5.32 Å². The highest BCUT2D eigenvalue weighted by molar-refractivity contribution is 9.09. The van der Waals surface area contributed by atoms with E-state index in [9.17, 15) is 4.79 Å². The Morgan fingerprint density at radius 1 is 1.35 bits per heavy atom. The van der Waals surface area contributed by atoms with Crippen LogP contribution < -0.4 is 5.32 Å². The van der Waals surface area contributed by atoms with Gasteiger partial charge in [-0.15, -0.1) is 0 Å². The van der Waals surface area contributed by atoms with E-state index >= 15 is 0 Å². The molecule has 1 heterocycles. The molecule has 1 N–H and O–H groups in total. The van der Waals surface area contributed by atoms with Gasteiger partial charge in [-0.25, -0.2) is 4.68 Å². The maximum atomic E-state index is 12.2. The van der Waals surface area contributed by atoms with Gasteiger partial charge in [-0.3, -0.25) is 4.79 Å². The Kier molecular flexibility index (Phi) is 4.28. The molecule has 1 atom stereocenters. The molecule has 5 heteroatoms. The van der Waals surface area contributed by atoms with Gasteiger partial charge in [0.2, 0.25) is 0 Å². The molecule has 0 fully saturated rings. The Hall–Kier alpha value is -1.62. The molecule has 4 nitrogen and oxygen atoms in total. The number of halogens is 1.